The number of hydrogen-bond acceptors (Lipinski definition) is 2. The van der Waals surface area contributed by atoms with Gasteiger partial charge in [-0.15, -0.1) is 0 Å². The highest BCUT2D eigenvalue weighted by Crippen LogP contribution is 1.96. The molecular formula is C6H14N2OS2. The van der Waals surface area contributed by atoms with Gasteiger partial charge in [0.25, 0.3) is 0 Å². The molecule has 0 saturated heterocycles. The van der Waals surface area contributed by atoms with E-state index in [0.717, 1.165) is 6.42 Å². The summed E-state index contributed by atoms with van der Waals surface area (Å²) in [4.78, 5) is 0. The van der Waals surface area contributed by atoms with Gasteiger partial charge in [-0.1, -0.05) is 6.92 Å². The van der Waals surface area contributed by atoms with Crippen molar-refractivity contribution >= 4 is 28.1 Å². The summed E-state index contributed by atoms with van der Waals surface area (Å²) in [6.07, 6.45) is 2.53. The molecule has 0 aliphatic rings. The second kappa shape index (κ2) is 5.49. The third-order valence-corrected chi connectivity index (χ3v) is 2.93. The highest BCUT2D eigenvalue weighted by Gasteiger charge is 2.04. The van der Waals surface area contributed by atoms with Gasteiger partial charge in [0.1, 0.15) is 0 Å². The molecule has 0 aromatic rings. The molecule has 0 spiro atoms. The van der Waals surface area contributed by atoms with Crippen LogP contribution < -0.4 is 11.1 Å². The molecule has 0 aromatic heterocycles. The molecule has 5 heteroatoms. The minimum Gasteiger partial charge on any atom is -0.376 e. The number of hydrogen-bond donors (Lipinski definition) is 2. The Kier molecular flexibility index (Phi) is 5.41. The van der Waals surface area contributed by atoms with Crippen LogP contribution in [-0.4, -0.2) is 27.4 Å². The van der Waals surface area contributed by atoms with Crippen LogP contribution in [-0.2, 0) is 10.8 Å². The van der Waals surface area contributed by atoms with Gasteiger partial charge >= 0.3 is 0 Å². The van der Waals surface area contributed by atoms with Crippen molar-refractivity contribution in [3.63, 3.8) is 0 Å². The van der Waals surface area contributed by atoms with E-state index in [1.165, 1.54) is 0 Å². The van der Waals surface area contributed by atoms with Gasteiger partial charge in [-0.05, 0) is 18.6 Å². The molecule has 0 aliphatic carbocycles. The Morgan fingerprint density at radius 1 is 1.82 bits per heavy atom. The monoisotopic (exact) mass is 194 g/mol. The normalized spacial score (nSPS) is 15.5. The van der Waals surface area contributed by atoms with Crippen LogP contribution in [0.25, 0.3) is 0 Å². The second-order valence-electron chi connectivity index (χ2n) is 2.39. The van der Waals surface area contributed by atoms with E-state index in [0.29, 0.717) is 11.7 Å². The van der Waals surface area contributed by atoms with E-state index in [-0.39, 0.29) is 5.25 Å². The van der Waals surface area contributed by atoms with E-state index in [2.05, 4.69) is 17.5 Å². The Labute approximate surface area is 75.2 Å². The van der Waals surface area contributed by atoms with E-state index in [4.69, 9.17) is 5.73 Å². The molecule has 3 nitrogen and oxygen atoms in total. The van der Waals surface area contributed by atoms with Crippen molar-refractivity contribution in [2.45, 2.75) is 18.6 Å². The lowest BCUT2D eigenvalue weighted by Crippen LogP contribution is -2.31. The average Bonchev–Trinajstić information content (AvgIpc) is 1.86. The topological polar surface area (TPSA) is 55.1 Å². The van der Waals surface area contributed by atoms with Crippen LogP contribution in [0.2, 0.25) is 0 Å². The quantitative estimate of drug-likeness (QED) is 0.617. The van der Waals surface area contributed by atoms with Crippen molar-refractivity contribution in [3.05, 3.63) is 0 Å². The fraction of sp³-hybridized carbons (Fsp3) is 0.833. The second-order valence-corrected chi connectivity index (χ2v) is 4.63. The number of nitrogens with two attached hydrogens (primary N) is 1. The van der Waals surface area contributed by atoms with Gasteiger partial charge in [0, 0.05) is 28.9 Å². The van der Waals surface area contributed by atoms with Gasteiger partial charge in [0.15, 0.2) is 5.11 Å². The summed E-state index contributed by atoms with van der Waals surface area (Å²) in [5, 5.41) is 3.32. The maximum absolute atomic E-state index is 10.8. The van der Waals surface area contributed by atoms with Crippen molar-refractivity contribution in [1.29, 1.82) is 0 Å². The van der Waals surface area contributed by atoms with Gasteiger partial charge in [-0.2, -0.15) is 0 Å². The molecule has 0 rings (SSSR count). The van der Waals surface area contributed by atoms with Crippen molar-refractivity contribution in [1.82, 2.24) is 5.32 Å². The molecule has 0 amide bonds. The summed E-state index contributed by atoms with van der Waals surface area (Å²) in [5.41, 5.74) is 5.20. The molecule has 0 aromatic carbocycles. The molecule has 2 atom stereocenters. The lowest BCUT2D eigenvalue weighted by Gasteiger charge is -2.08. The van der Waals surface area contributed by atoms with Gasteiger partial charge in [-0.25, -0.2) is 0 Å². The smallest absolute Gasteiger partial charge is 0.163 e. The first-order chi connectivity index (χ1) is 5.04. The standard InChI is InChI=1S/C6H14N2OS2/c1-5(11(2)9)3-4-8-6(7)10/h5H,3-4H2,1-2H3,(H3,7,8,10). The van der Waals surface area contributed by atoms with Gasteiger partial charge in [0.2, 0.25) is 0 Å². The van der Waals surface area contributed by atoms with E-state index in [9.17, 15) is 4.21 Å². The zero-order valence-corrected chi connectivity index (χ0v) is 8.43. The van der Waals surface area contributed by atoms with Crippen LogP contribution in [0.4, 0.5) is 0 Å². The highest BCUT2D eigenvalue weighted by molar-refractivity contribution is 7.84. The first-order valence-corrected chi connectivity index (χ1v) is 5.42. The van der Waals surface area contributed by atoms with E-state index >= 15 is 0 Å². The number of rotatable bonds is 4. The summed E-state index contributed by atoms with van der Waals surface area (Å²) in [7, 11) is -0.749. The average molecular weight is 194 g/mol. The van der Waals surface area contributed by atoms with Crippen molar-refractivity contribution in [2.75, 3.05) is 12.8 Å². The summed E-state index contributed by atoms with van der Waals surface area (Å²) in [6, 6.07) is 0. The fourth-order valence-electron chi connectivity index (χ4n) is 0.565. The summed E-state index contributed by atoms with van der Waals surface area (Å²) in [6.45, 7) is 2.65. The summed E-state index contributed by atoms with van der Waals surface area (Å²) >= 11 is 4.60. The van der Waals surface area contributed by atoms with Gasteiger partial charge in [-0.3, -0.25) is 4.21 Å². The Balaban J connectivity index is 3.39. The minimum atomic E-state index is -0.749. The SMILES string of the molecule is CC(CCNC(N)=S)S(C)=O. The summed E-state index contributed by atoms with van der Waals surface area (Å²) in [5.74, 6) is 0. The lowest BCUT2D eigenvalue weighted by atomic mass is 10.3. The molecule has 0 fully saturated rings. The van der Waals surface area contributed by atoms with E-state index in [1.807, 2.05) is 6.92 Å². The lowest BCUT2D eigenvalue weighted by molar-refractivity contribution is 0.666. The first-order valence-electron chi connectivity index (χ1n) is 3.39. The van der Waals surface area contributed by atoms with Crippen molar-refractivity contribution < 1.29 is 4.21 Å². The zero-order valence-electron chi connectivity index (χ0n) is 6.79. The molecule has 0 heterocycles. The van der Waals surface area contributed by atoms with Crippen LogP contribution in [0.1, 0.15) is 13.3 Å². The van der Waals surface area contributed by atoms with Crippen LogP contribution in [0.15, 0.2) is 0 Å². The Morgan fingerprint density at radius 2 is 2.36 bits per heavy atom. The maximum Gasteiger partial charge on any atom is 0.163 e. The van der Waals surface area contributed by atoms with E-state index < -0.39 is 10.8 Å². The number of thiocarbonyl (C=S) groups is 1. The van der Waals surface area contributed by atoms with Crippen LogP contribution in [0, 0.1) is 0 Å². The molecular weight excluding hydrogens is 180 g/mol. The molecule has 66 valence electrons. The van der Waals surface area contributed by atoms with Crippen molar-refractivity contribution in [3.8, 4) is 0 Å². The maximum atomic E-state index is 10.8. The Hall–Kier alpha value is -0.160. The third kappa shape index (κ3) is 6.25. The highest BCUT2D eigenvalue weighted by atomic mass is 32.2. The molecule has 3 N–H and O–H groups in total. The van der Waals surface area contributed by atoms with Gasteiger partial charge in [0.05, 0.1) is 0 Å². The zero-order chi connectivity index (χ0) is 8.85. The predicted molar refractivity (Wildman–Crippen MR) is 52.9 cm³/mol. The largest absolute Gasteiger partial charge is 0.376 e. The Bertz CT molecular complexity index is 161. The minimum absolute atomic E-state index is 0.205. The number of nitrogens with one attached hydrogen (secondary N) is 1. The van der Waals surface area contributed by atoms with Gasteiger partial charge < -0.3 is 11.1 Å². The molecule has 11 heavy (non-hydrogen) atoms. The van der Waals surface area contributed by atoms with Crippen LogP contribution in [0.5, 0.6) is 0 Å². The van der Waals surface area contributed by atoms with Crippen LogP contribution >= 0.6 is 12.2 Å². The molecule has 0 aliphatic heterocycles. The Morgan fingerprint density at radius 3 is 2.73 bits per heavy atom. The molecule has 0 saturated carbocycles. The first kappa shape index (κ1) is 10.8. The fourth-order valence-corrected chi connectivity index (χ4v) is 1.12. The van der Waals surface area contributed by atoms with Crippen LogP contribution in [0.3, 0.4) is 0 Å². The van der Waals surface area contributed by atoms with Crippen molar-refractivity contribution in [2.24, 2.45) is 5.73 Å². The van der Waals surface area contributed by atoms with E-state index in [1.54, 1.807) is 6.26 Å². The predicted octanol–water partition coefficient (Wildman–Crippen LogP) is -0.0233. The third-order valence-electron chi connectivity index (χ3n) is 1.42. The molecule has 0 bridgehead atoms. The molecule has 0 radical (unpaired) electrons. The molecule has 2 unspecified atom stereocenters. The summed E-state index contributed by atoms with van der Waals surface area (Å²) < 4.78 is 10.8.